The van der Waals surface area contributed by atoms with E-state index in [1.165, 1.54) is 0 Å². The number of ether oxygens (including phenoxy) is 1. The molecule has 0 saturated heterocycles. The highest BCUT2D eigenvalue weighted by molar-refractivity contribution is 5.92. The number of carboxylic acids is 1. The second-order valence-corrected chi connectivity index (χ2v) is 2.42. The van der Waals surface area contributed by atoms with Crippen molar-refractivity contribution in [3.05, 3.63) is 18.0 Å². The van der Waals surface area contributed by atoms with Crippen LogP contribution in [-0.4, -0.2) is 22.4 Å². The van der Waals surface area contributed by atoms with Gasteiger partial charge in [-0.2, -0.15) is 0 Å². The average molecular weight is 222 g/mol. The van der Waals surface area contributed by atoms with E-state index in [9.17, 15) is 18.0 Å². The molecule has 82 valence electrons. The van der Waals surface area contributed by atoms with E-state index in [0.29, 0.717) is 0 Å². The molecule has 0 aromatic carbocycles. The smallest absolute Gasteiger partial charge is 0.476 e. The number of rotatable bonds is 2. The number of anilines is 1. The van der Waals surface area contributed by atoms with Crippen molar-refractivity contribution in [2.45, 2.75) is 6.36 Å². The second kappa shape index (κ2) is 3.64. The number of nitrogens with zero attached hydrogens (tertiary/aromatic N) is 1. The molecular formula is C7H5F3N2O3. The van der Waals surface area contributed by atoms with E-state index in [1.54, 1.807) is 0 Å². The Kier molecular flexibility index (Phi) is 2.69. The average Bonchev–Trinajstić information content (AvgIpc) is 2.05. The van der Waals surface area contributed by atoms with Crippen LogP contribution >= 0.6 is 0 Å². The largest absolute Gasteiger partial charge is 0.573 e. The summed E-state index contributed by atoms with van der Waals surface area (Å²) in [5, 5.41) is 8.51. The predicted octanol–water partition coefficient (Wildman–Crippen LogP) is 1.26. The Morgan fingerprint density at radius 3 is 2.60 bits per heavy atom. The van der Waals surface area contributed by atoms with Gasteiger partial charge in [-0.05, 0) is 0 Å². The predicted molar refractivity (Wildman–Crippen MR) is 42.3 cm³/mol. The van der Waals surface area contributed by atoms with Gasteiger partial charge in [0.15, 0.2) is 11.4 Å². The fraction of sp³-hybridized carbons (Fsp3) is 0.143. The molecule has 0 fully saturated rings. The number of hydrogen-bond acceptors (Lipinski definition) is 4. The molecule has 15 heavy (non-hydrogen) atoms. The van der Waals surface area contributed by atoms with Gasteiger partial charge in [-0.25, -0.2) is 9.78 Å². The maximum Gasteiger partial charge on any atom is 0.573 e. The third kappa shape index (κ3) is 2.73. The van der Waals surface area contributed by atoms with E-state index in [2.05, 4.69) is 9.72 Å². The highest BCUT2D eigenvalue weighted by Gasteiger charge is 2.32. The number of alkyl halides is 3. The van der Waals surface area contributed by atoms with Crippen molar-refractivity contribution in [2.75, 3.05) is 5.73 Å². The monoisotopic (exact) mass is 222 g/mol. The summed E-state index contributed by atoms with van der Waals surface area (Å²) in [6.45, 7) is 0. The molecule has 1 aromatic heterocycles. The number of carbonyl (C=O) groups is 1. The lowest BCUT2D eigenvalue weighted by molar-refractivity contribution is -0.274. The van der Waals surface area contributed by atoms with E-state index < -0.39 is 29.5 Å². The third-order valence-electron chi connectivity index (χ3n) is 1.38. The minimum Gasteiger partial charge on any atom is -0.476 e. The SMILES string of the molecule is Nc1c(OC(F)(F)F)ccnc1C(=O)O. The van der Waals surface area contributed by atoms with Gasteiger partial charge in [0.25, 0.3) is 0 Å². The second-order valence-electron chi connectivity index (χ2n) is 2.42. The van der Waals surface area contributed by atoms with Crippen molar-refractivity contribution >= 4 is 11.7 Å². The molecule has 0 unspecified atom stereocenters. The van der Waals surface area contributed by atoms with Crippen LogP contribution in [0.2, 0.25) is 0 Å². The maximum atomic E-state index is 11.8. The van der Waals surface area contributed by atoms with Crippen molar-refractivity contribution < 1.29 is 27.8 Å². The molecule has 0 aliphatic carbocycles. The first-order valence-electron chi connectivity index (χ1n) is 3.55. The van der Waals surface area contributed by atoms with Crippen LogP contribution in [0.15, 0.2) is 12.3 Å². The minimum absolute atomic E-state index is 0.665. The molecule has 5 nitrogen and oxygen atoms in total. The van der Waals surface area contributed by atoms with E-state index in [1.807, 2.05) is 0 Å². The fourth-order valence-corrected chi connectivity index (χ4v) is 0.840. The van der Waals surface area contributed by atoms with Gasteiger partial charge in [0, 0.05) is 12.3 Å². The summed E-state index contributed by atoms with van der Waals surface area (Å²) in [6, 6.07) is 0.829. The topological polar surface area (TPSA) is 85.4 Å². The first-order valence-corrected chi connectivity index (χ1v) is 3.55. The molecule has 3 N–H and O–H groups in total. The lowest BCUT2D eigenvalue weighted by Crippen LogP contribution is -2.19. The Morgan fingerprint density at radius 1 is 1.53 bits per heavy atom. The molecule has 0 radical (unpaired) electrons. The Morgan fingerprint density at radius 2 is 2.13 bits per heavy atom. The Balaban J connectivity index is 3.10. The zero-order chi connectivity index (χ0) is 11.6. The maximum absolute atomic E-state index is 11.8. The van der Waals surface area contributed by atoms with Crippen LogP contribution in [0.5, 0.6) is 5.75 Å². The van der Waals surface area contributed by atoms with Gasteiger partial charge < -0.3 is 15.6 Å². The number of nitrogen functional groups attached to an aromatic ring is 1. The van der Waals surface area contributed by atoms with Gasteiger partial charge in [-0.1, -0.05) is 0 Å². The Labute approximate surface area is 81.3 Å². The van der Waals surface area contributed by atoms with E-state index in [0.717, 1.165) is 12.3 Å². The van der Waals surface area contributed by atoms with Gasteiger partial charge in [0.2, 0.25) is 0 Å². The van der Waals surface area contributed by atoms with Crippen molar-refractivity contribution in [3.63, 3.8) is 0 Å². The number of aromatic carboxylic acids is 1. The van der Waals surface area contributed by atoms with Crippen molar-refractivity contribution in [1.82, 2.24) is 4.98 Å². The van der Waals surface area contributed by atoms with Crippen LogP contribution < -0.4 is 10.5 Å². The number of hydrogen-bond donors (Lipinski definition) is 2. The third-order valence-corrected chi connectivity index (χ3v) is 1.38. The van der Waals surface area contributed by atoms with Gasteiger partial charge >= 0.3 is 12.3 Å². The minimum atomic E-state index is -4.93. The van der Waals surface area contributed by atoms with Crippen LogP contribution in [0.25, 0.3) is 0 Å². The fourth-order valence-electron chi connectivity index (χ4n) is 0.840. The standard InChI is InChI=1S/C7H5F3N2O3/c8-7(9,10)15-3-1-2-12-5(4(3)11)6(13)14/h1-2H,11H2,(H,13,14). The van der Waals surface area contributed by atoms with Crippen molar-refractivity contribution in [3.8, 4) is 5.75 Å². The van der Waals surface area contributed by atoms with E-state index >= 15 is 0 Å². The molecule has 0 atom stereocenters. The van der Waals surface area contributed by atoms with Crippen LogP contribution in [0, 0.1) is 0 Å². The van der Waals surface area contributed by atoms with E-state index in [-0.39, 0.29) is 0 Å². The summed E-state index contributed by atoms with van der Waals surface area (Å²) in [7, 11) is 0. The summed E-state index contributed by atoms with van der Waals surface area (Å²) in [6.07, 6.45) is -4.06. The van der Waals surface area contributed by atoms with Gasteiger partial charge in [0.1, 0.15) is 5.69 Å². The summed E-state index contributed by atoms with van der Waals surface area (Å²) in [4.78, 5) is 13.8. The highest BCUT2D eigenvalue weighted by Crippen LogP contribution is 2.29. The number of carboxylic acid groups (broad SMARTS) is 1. The molecule has 0 spiro atoms. The van der Waals surface area contributed by atoms with Gasteiger partial charge in [-0.15, -0.1) is 13.2 Å². The summed E-state index contributed by atoms with van der Waals surface area (Å²) < 4.78 is 38.9. The first kappa shape index (κ1) is 11.1. The number of nitrogens with two attached hydrogens (primary N) is 1. The Bertz CT molecular complexity index is 392. The zero-order valence-electron chi connectivity index (χ0n) is 7.08. The lowest BCUT2D eigenvalue weighted by atomic mass is 10.3. The molecule has 0 amide bonds. The quantitative estimate of drug-likeness (QED) is 0.786. The van der Waals surface area contributed by atoms with Crippen LogP contribution in [0.4, 0.5) is 18.9 Å². The lowest BCUT2D eigenvalue weighted by Gasteiger charge is -2.11. The molecule has 0 aliphatic rings. The van der Waals surface area contributed by atoms with Crippen LogP contribution in [0.3, 0.4) is 0 Å². The molecule has 0 saturated carbocycles. The Hall–Kier alpha value is -1.99. The molecule has 1 aromatic rings. The molecule has 0 bridgehead atoms. The summed E-state index contributed by atoms with van der Waals surface area (Å²) in [5.41, 5.74) is 3.78. The summed E-state index contributed by atoms with van der Waals surface area (Å²) >= 11 is 0. The summed E-state index contributed by atoms with van der Waals surface area (Å²) in [5.74, 6) is -2.31. The number of pyridine rings is 1. The molecular weight excluding hydrogens is 217 g/mol. The van der Waals surface area contributed by atoms with Crippen molar-refractivity contribution in [1.29, 1.82) is 0 Å². The zero-order valence-corrected chi connectivity index (χ0v) is 7.08. The normalized spacial score (nSPS) is 11.1. The molecule has 1 rings (SSSR count). The first-order chi connectivity index (χ1) is 6.81. The van der Waals surface area contributed by atoms with Gasteiger partial charge in [0.05, 0.1) is 0 Å². The molecule has 8 heteroatoms. The number of halogens is 3. The molecule has 1 heterocycles. The van der Waals surface area contributed by atoms with Crippen molar-refractivity contribution in [2.24, 2.45) is 0 Å². The van der Waals surface area contributed by atoms with Crippen LogP contribution in [-0.2, 0) is 0 Å². The van der Waals surface area contributed by atoms with Crippen LogP contribution in [0.1, 0.15) is 10.5 Å². The van der Waals surface area contributed by atoms with Gasteiger partial charge in [-0.3, -0.25) is 0 Å². The molecule has 0 aliphatic heterocycles. The van der Waals surface area contributed by atoms with E-state index in [4.69, 9.17) is 10.8 Å². The number of aromatic nitrogens is 1. The highest BCUT2D eigenvalue weighted by atomic mass is 19.4.